The van der Waals surface area contributed by atoms with Crippen molar-refractivity contribution in [2.45, 2.75) is 6.42 Å². The third-order valence-electron chi connectivity index (χ3n) is 3.01. The topological polar surface area (TPSA) is 18.5 Å². The Balaban J connectivity index is 1.68. The van der Waals surface area contributed by atoms with Crippen molar-refractivity contribution in [3.63, 3.8) is 0 Å². The summed E-state index contributed by atoms with van der Waals surface area (Å²) in [6.45, 7) is 6.84. The smallest absolute Gasteiger partial charge is 0.0504 e. The highest BCUT2D eigenvalue weighted by Crippen LogP contribution is 2.20. The molecule has 0 atom stereocenters. The van der Waals surface area contributed by atoms with Crippen molar-refractivity contribution in [3.8, 4) is 0 Å². The molecule has 1 aliphatic heterocycles. The summed E-state index contributed by atoms with van der Waals surface area (Å²) in [5.74, 6) is 0. The van der Waals surface area contributed by atoms with E-state index in [1.54, 1.807) is 0 Å². The van der Waals surface area contributed by atoms with E-state index in [0.29, 0.717) is 0 Å². The average molecular weight is 318 g/mol. The van der Waals surface area contributed by atoms with Gasteiger partial charge in [-0.1, -0.05) is 0 Å². The second-order valence-electron chi connectivity index (χ2n) is 4.57. The standard InChI is InChI=1S/C12H20BrN3S/c1-15(10-16-6-3-14-4-7-16)5-2-12-8-11(13)9-17-12/h8-9,14H,2-7,10H2,1H3. The van der Waals surface area contributed by atoms with Crippen LogP contribution in [0.15, 0.2) is 15.9 Å². The van der Waals surface area contributed by atoms with Crippen LogP contribution in [0.1, 0.15) is 4.88 Å². The van der Waals surface area contributed by atoms with Gasteiger partial charge in [-0.15, -0.1) is 11.3 Å². The Kier molecular flexibility index (Phi) is 5.44. The number of nitrogens with zero attached hydrogens (tertiary/aromatic N) is 2. The van der Waals surface area contributed by atoms with E-state index >= 15 is 0 Å². The molecule has 1 aromatic heterocycles. The van der Waals surface area contributed by atoms with Gasteiger partial charge in [-0.3, -0.25) is 9.80 Å². The first-order chi connectivity index (χ1) is 8.24. The first-order valence-corrected chi connectivity index (χ1v) is 7.76. The Morgan fingerprint density at radius 3 is 2.88 bits per heavy atom. The van der Waals surface area contributed by atoms with E-state index in [4.69, 9.17) is 0 Å². The van der Waals surface area contributed by atoms with Gasteiger partial charge in [0.25, 0.3) is 0 Å². The fourth-order valence-electron chi connectivity index (χ4n) is 2.05. The highest BCUT2D eigenvalue weighted by molar-refractivity contribution is 9.10. The molecule has 2 heterocycles. The van der Waals surface area contributed by atoms with E-state index in [1.165, 1.54) is 22.4 Å². The molecule has 0 saturated carbocycles. The molecule has 0 spiro atoms. The number of thiophene rings is 1. The summed E-state index contributed by atoms with van der Waals surface area (Å²) < 4.78 is 1.21. The van der Waals surface area contributed by atoms with E-state index in [-0.39, 0.29) is 0 Å². The number of rotatable bonds is 5. The van der Waals surface area contributed by atoms with Crippen molar-refractivity contribution >= 4 is 27.3 Å². The van der Waals surface area contributed by atoms with E-state index in [1.807, 2.05) is 11.3 Å². The quantitative estimate of drug-likeness (QED) is 0.894. The molecule has 0 radical (unpaired) electrons. The van der Waals surface area contributed by atoms with Gasteiger partial charge < -0.3 is 5.32 Å². The van der Waals surface area contributed by atoms with E-state index < -0.39 is 0 Å². The van der Waals surface area contributed by atoms with Crippen LogP contribution in [0, 0.1) is 0 Å². The van der Waals surface area contributed by atoms with E-state index in [9.17, 15) is 0 Å². The first kappa shape index (κ1) is 13.5. The highest BCUT2D eigenvalue weighted by atomic mass is 79.9. The summed E-state index contributed by atoms with van der Waals surface area (Å²) in [5.41, 5.74) is 0. The maximum absolute atomic E-state index is 3.50. The maximum Gasteiger partial charge on any atom is 0.0504 e. The van der Waals surface area contributed by atoms with Gasteiger partial charge in [0.1, 0.15) is 0 Å². The predicted molar refractivity (Wildman–Crippen MR) is 77.7 cm³/mol. The molecule has 1 saturated heterocycles. The Hall–Kier alpha value is 0.0600. The van der Waals surface area contributed by atoms with Crippen molar-refractivity contribution in [2.75, 3.05) is 46.4 Å². The number of hydrogen-bond donors (Lipinski definition) is 1. The minimum Gasteiger partial charge on any atom is -0.314 e. The van der Waals surface area contributed by atoms with Gasteiger partial charge in [-0.25, -0.2) is 0 Å². The molecule has 0 unspecified atom stereocenters. The van der Waals surface area contributed by atoms with E-state index in [2.05, 4.69) is 49.5 Å². The molecule has 17 heavy (non-hydrogen) atoms. The second kappa shape index (κ2) is 6.85. The molecule has 1 fully saturated rings. The van der Waals surface area contributed by atoms with Crippen LogP contribution in [-0.4, -0.2) is 56.2 Å². The lowest BCUT2D eigenvalue weighted by molar-refractivity contribution is 0.141. The van der Waals surface area contributed by atoms with Crippen LogP contribution < -0.4 is 5.32 Å². The Morgan fingerprint density at radius 1 is 1.47 bits per heavy atom. The highest BCUT2D eigenvalue weighted by Gasteiger charge is 2.11. The van der Waals surface area contributed by atoms with Crippen LogP contribution in [-0.2, 0) is 6.42 Å². The monoisotopic (exact) mass is 317 g/mol. The van der Waals surface area contributed by atoms with Gasteiger partial charge in [0.05, 0.1) is 6.67 Å². The molecular weight excluding hydrogens is 298 g/mol. The lowest BCUT2D eigenvalue weighted by Gasteiger charge is -2.31. The molecule has 2 rings (SSSR count). The zero-order valence-electron chi connectivity index (χ0n) is 10.3. The molecule has 1 aliphatic rings. The number of nitrogens with one attached hydrogen (secondary N) is 1. The average Bonchev–Trinajstić information content (AvgIpc) is 2.74. The summed E-state index contributed by atoms with van der Waals surface area (Å²) in [4.78, 5) is 6.39. The Labute approximate surface area is 116 Å². The number of likely N-dealkylation sites (N-methyl/N-ethyl adjacent to an activating group) is 1. The molecule has 0 amide bonds. The Bertz CT molecular complexity index is 336. The van der Waals surface area contributed by atoms with Crippen LogP contribution in [0.3, 0.4) is 0 Å². The molecule has 5 heteroatoms. The molecule has 0 aliphatic carbocycles. The maximum atomic E-state index is 3.50. The summed E-state index contributed by atoms with van der Waals surface area (Å²) in [7, 11) is 2.21. The molecule has 96 valence electrons. The van der Waals surface area contributed by atoms with Gasteiger partial charge in [0.15, 0.2) is 0 Å². The third kappa shape index (κ3) is 4.67. The summed E-state index contributed by atoms with van der Waals surface area (Å²) in [6.07, 6.45) is 1.15. The Morgan fingerprint density at radius 2 is 2.24 bits per heavy atom. The van der Waals surface area contributed by atoms with Crippen molar-refractivity contribution in [3.05, 3.63) is 20.8 Å². The zero-order valence-corrected chi connectivity index (χ0v) is 12.7. The zero-order chi connectivity index (χ0) is 12.1. The molecular formula is C12H20BrN3S. The summed E-state index contributed by atoms with van der Waals surface area (Å²) >= 11 is 5.34. The normalized spacial score (nSPS) is 17.8. The van der Waals surface area contributed by atoms with E-state index in [0.717, 1.165) is 32.7 Å². The summed E-state index contributed by atoms with van der Waals surface area (Å²) in [5, 5.41) is 5.54. The SMILES string of the molecule is CN(CCc1cc(Br)cs1)CN1CCNCC1. The fourth-order valence-corrected chi connectivity index (χ4v) is 3.50. The van der Waals surface area contributed by atoms with Gasteiger partial charge in [0.2, 0.25) is 0 Å². The van der Waals surface area contributed by atoms with Crippen LogP contribution in [0.2, 0.25) is 0 Å². The van der Waals surface area contributed by atoms with Crippen molar-refractivity contribution in [2.24, 2.45) is 0 Å². The van der Waals surface area contributed by atoms with Crippen LogP contribution in [0.5, 0.6) is 0 Å². The number of hydrogen-bond acceptors (Lipinski definition) is 4. The van der Waals surface area contributed by atoms with Gasteiger partial charge in [-0.05, 0) is 35.5 Å². The van der Waals surface area contributed by atoms with Gasteiger partial charge in [0, 0.05) is 47.5 Å². The second-order valence-corrected chi connectivity index (χ2v) is 6.48. The largest absolute Gasteiger partial charge is 0.314 e. The van der Waals surface area contributed by atoms with Crippen molar-refractivity contribution in [1.29, 1.82) is 0 Å². The lowest BCUT2D eigenvalue weighted by Crippen LogP contribution is -2.47. The molecule has 3 nitrogen and oxygen atoms in total. The predicted octanol–water partition coefficient (Wildman–Crippen LogP) is 1.85. The van der Waals surface area contributed by atoms with Crippen molar-refractivity contribution in [1.82, 2.24) is 15.1 Å². The molecule has 1 N–H and O–H groups in total. The van der Waals surface area contributed by atoms with Crippen LogP contribution in [0.4, 0.5) is 0 Å². The molecule has 1 aromatic rings. The van der Waals surface area contributed by atoms with Gasteiger partial charge in [-0.2, -0.15) is 0 Å². The van der Waals surface area contributed by atoms with Crippen LogP contribution >= 0.6 is 27.3 Å². The fraction of sp³-hybridized carbons (Fsp3) is 0.667. The minimum absolute atomic E-state index is 1.09. The molecule has 0 aromatic carbocycles. The first-order valence-electron chi connectivity index (χ1n) is 6.08. The van der Waals surface area contributed by atoms with Crippen LogP contribution in [0.25, 0.3) is 0 Å². The van der Waals surface area contributed by atoms with Gasteiger partial charge >= 0.3 is 0 Å². The number of piperazine rings is 1. The molecule has 0 bridgehead atoms. The summed E-state index contributed by atoms with van der Waals surface area (Å²) in [6, 6.07) is 2.23. The van der Waals surface area contributed by atoms with Crippen molar-refractivity contribution < 1.29 is 0 Å². The lowest BCUT2D eigenvalue weighted by atomic mass is 10.3. The third-order valence-corrected chi connectivity index (χ3v) is 4.77. The minimum atomic E-state index is 1.09. The number of halogens is 1.